The van der Waals surface area contributed by atoms with Crippen LogP contribution in [0.3, 0.4) is 0 Å². The summed E-state index contributed by atoms with van der Waals surface area (Å²) < 4.78 is 24.6. The van der Waals surface area contributed by atoms with E-state index in [1.807, 2.05) is 7.05 Å². The average molecular weight is 463 g/mol. The highest BCUT2D eigenvalue weighted by atomic mass is 127. The first-order chi connectivity index (χ1) is 11.7. The Bertz CT molecular complexity index is 604. The Morgan fingerprint density at radius 2 is 2.12 bits per heavy atom. The number of piperidine rings is 1. The summed E-state index contributed by atoms with van der Waals surface area (Å²) in [5.74, 6) is 2.24. The van der Waals surface area contributed by atoms with Crippen molar-refractivity contribution in [3.8, 4) is 5.75 Å². The van der Waals surface area contributed by atoms with E-state index in [0.717, 1.165) is 41.8 Å². The van der Waals surface area contributed by atoms with Gasteiger partial charge in [-0.15, -0.1) is 24.0 Å². The molecule has 1 saturated heterocycles. The Kier molecular flexibility index (Phi) is 7.74. The fraction of sp³-hybridized carbons (Fsp3) is 0.611. The van der Waals surface area contributed by atoms with Crippen molar-refractivity contribution in [2.75, 3.05) is 33.5 Å². The second-order valence-corrected chi connectivity index (χ2v) is 6.56. The van der Waals surface area contributed by atoms with Gasteiger partial charge < -0.3 is 19.7 Å². The van der Waals surface area contributed by atoms with Gasteiger partial charge in [0.15, 0.2) is 12.8 Å². The summed E-state index contributed by atoms with van der Waals surface area (Å²) >= 11 is 0. The van der Waals surface area contributed by atoms with E-state index >= 15 is 0 Å². The van der Waals surface area contributed by atoms with Gasteiger partial charge in [0.25, 0.3) is 0 Å². The molecule has 0 spiro atoms. The molecule has 0 atom stereocenters. The van der Waals surface area contributed by atoms with E-state index in [4.69, 9.17) is 9.47 Å². The molecule has 1 aromatic carbocycles. The fourth-order valence-electron chi connectivity index (χ4n) is 3.30. The summed E-state index contributed by atoms with van der Waals surface area (Å²) in [4.78, 5) is 6.68. The molecule has 1 fully saturated rings. The lowest BCUT2D eigenvalue weighted by Crippen LogP contribution is -2.45. The molecule has 0 aromatic heterocycles. The summed E-state index contributed by atoms with van der Waals surface area (Å²) in [6, 6.07) is 3.04. The summed E-state index contributed by atoms with van der Waals surface area (Å²) in [6.07, 6.45) is 3.08. The smallest absolute Gasteiger partial charge is 0.193 e. The third-order valence-electron chi connectivity index (χ3n) is 4.72. The van der Waals surface area contributed by atoms with Crippen LogP contribution in [0.25, 0.3) is 0 Å². The molecule has 0 aliphatic carbocycles. The predicted octanol–water partition coefficient (Wildman–Crippen LogP) is 3.16. The lowest BCUT2D eigenvalue weighted by Gasteiger charge is -2.33. The molecule has 1 aromatic rings. The number of nitrogens with one attached hydrogen (secondary N) is 1. The summed E-state index contributed by atoms with van der Waals surface area (Å²) in [5, 5.41) is 3.40. The molecule has 0 bridgehead atoms. The van der Waals surface area contributed by atoms with Crippen LogP contribution in [0.5, 0.6) is 5.75 Å². The first-order valence-electron chi connectivity index (χ1n) is 8.65. The maximum Gasteiger partial charge on any atom is 0.193 e. The molecular formula is C18H27FIN3O2. The van der Waals surface area contributed by atoms with Gasteiger partial charge in [-0.1, -0.05) is 6.92 Å². The van der Waals surface area contributed by atoms with Gasteiger partial charge in [0.05, 0.1) is 6.61 Å². The maximum atomic E-state index is 13.8. The van der Waals surface area contributed by atoms with Crippen LogP contribution in [0.1, 0.15) is 30.9 Å². The van der Waals surface area contributed by atoms with Crippen molar-refractivity contribution < 1.29 is 13.9 Å². The van der Waals surface area contributed by atoms with Crippen molar-refractivity contribution in [1.29, 1.82) is 0 Å². The Balaban J connectivity index is 0.00000225. The lowest BCUT2D eigenvalue weighted by molar-refractivity contribution is -0.0172. The minimum Gasteiger partial charge on any atom is -0.467 e. The maximum absolute atomic E-state index is 13.8. The second-order valence-electron chi connectivity index (χ2n) is 6.56. The van der Waals surface area contributed by atoms with Crippen LogP contribution < -0.4 is 10.1 Å². The summed E-state index contributed by atoms with van der Waals surface area (Å²) in [5.41, 5.74) is 1.66. The van der Waals surface area contributed by atoms with E-state index in [1.165, 1.54) is 18.9 Å². The van der Waals surface area contributed by atoms with Gasteiger partial charge in [-0.2, -0.15) is 0 Å². The zero-order valence-electron chi connectivity index (χ0n) is 14.9. The zero-order chi connectivity index (χ0) is 16.9. The molecule has 0 unspecified atom stereocenters. The molecule has 2 heterocycles. The molecule has 0 radical (unpaired) electrons. The molecule has 2 aliphatic rings. The van der Waals surface area contributed by atoms with Crippen molar-refractivity contribution in [1.82, 2.24) is 10.2 Å². The van der Waals surface area contributed by atoms with Crippen LogP contribution in [0.4, 0.5) is 4.39 Å². The third kappa shape index (κ3) is 5.20. The molecule has 7 heteroatoms. The molecule has 0 amide bonds. The number of benzene rings is 1. The molecule has 140 valence electrons. The summed E-state index contributed by atoms with van der Waals surface area (Å²) in [6.45, 7) is 5.70. The first-order valence-corrected chi connectivity index (χ1v) is 8.65. The van der Waals surface area contributed by atoms with Crippen molar-refractivity contribution in [3.63, 3.8) is 0 Å². The average Bonchev–Trinajstić information content (AvgIpc) is 2.59. The van der Waals surface area contributed by atoms with E-state index in [1.54, 1.807) is 6.07 Å². The van der Waals surface area contributed by atoms with Crippen LogP contribution in [-0.2, 0) is 17.8 Å². The van der Waals surface area contributed by atoms with Gasteiger partial charge in [-0.25, -0.2) is 4.39 Å². The highest BCUT2D eigenvalue weighted by Crippen LogP contribution is 2.29. The van der Waals surface area contributed by atoms with Gasteiger partial charge in [0, 0.05) is 32.2 Å². The number of halogens is 2. The quantitative estimate of drug-likeness (QED) is 0.425. The highest BCUT2D eigenvalue weighted by Gasteiger charge is 2.19. The molecule has 5 nitrogen and oxygen atoms in total. The van der Waals surface area contributed by atoms with E-state index in [2.05, 4.69) is 22.1 Å². The molecule has 3 rings (SSSR count). The van der Waals surface area contributed by atoms with Crippen LogP contribution >= 0.6 is 24.0 Å². The Hall–Kier alpha value is -1.09. The van der Waals surface area contributed by atoms with Gasteiger partial charge in [-0.3, -0.25) is 4.99 Å². The summed E-state index contributed by atoms with van der Waals surface area (Å²) in [7, 11) is 1.81. The number of nitrogens with zero attached hydrogens (tertiary/aromatic N) is 2. The van der Waals surface area contributed by atoms with E-state index in [0.29, 0.717) is 19.6 Å². The van der Waals surface area contributed by atoms with Crippen molar-refractivity contribution in [2.45, 2.75) is 32.8 Å². The monoisotopic (exact) mass is 463 g/mol. The Labute approximate surface area is 166 Å². The van der Waals surface area contributed by atoms with Crippen molar-refractivity contribution in [2.24, 2.45) is 10.9 Å². The number of guanidine groups is 1. The van der Waals surface area contributed by atoms with Gasteiger partial charge >= 0.3 is 0 Å². The Morgan fingerprint density at radius 1 is 1.36 bits per heavy atom. The Morgan fingerprint density at radius 3 is 2.84 bits per heavy atom. The van der Waals surface area contributed by atoms with E-state index < -0.39 is 0 Å². The van der Waals surface area contributed by atoms with Gasteiger partial charge in [0.2, 0.25) is 0 Å². The fourth-order valence-corrected chi connectivity index (χ4v) is 3.30. The van der Waals surface area contributed by atoms with Crippen LogP contribution in [0.2, 0.25) is 0 Å². The van der Waals surface area contributed by atoms with E-state index in [9.17, 15) is 4.39 Å². The van der Waals surface area contributed by atoms with Crippen LogP contribution in [0.15, 0.2) is 17.1 Å². The molecule has 2 aliphatic heterocycles. The van der Waals surface area contributed by atoms with Crippen LogP contribution in [0, 0.1) is 11.7 Å². The molecular weight excluding hydrogens is 436 g/mol. The van der Waals surface area contributed by atoms with Gasteiger partial charge in [0.1, 0.15) is 11.6 Å². The second kappa shape index (κ2) is 9.56. The van der Waals surface area contributed by atoms with E-state index in [-0.39, 0.29) is 36.6 Å². The van der Waals surface area contributed by atoms with Gasteiger partial charge in [-0.05, 0) is 42.9 Å². The number of rotatable bonds is 3. The topological polar surface area (TPSA) is 46.1 Å². The molecule has 1 N–H and O–H groups in total. The highest BCUT2D eigenvalue weighted by molar-refractivity contribution is 14.0. The SMILES string of the molecule is CN=C(NCCc1cc(F)cc2c1OCOC2)N1CCC(C)CC1.I. The number of likely N-dealkylation sites (tertiary alicyclic amines) is 1. The number of fused-ring (bicyclic) bond motifs is 1. The third-order valence-corrected chi connectivity index (χ3v) is 4.72. The minimum absolute atomic E-state index is 0. The first kappa shape index (κ1) is 20.2. The number of ether oxygens (including phenoxy) is 2. The molecule has 0 saturated carbocycles. The van der Waals surface area contributed by atoms with Crippen LogP contribution in [-0.4, -0.2) is 44.3 Å². The number of hydrogen-bond donors (Lipinski definition) is 1. The largest absolute Gasteiger partial charge is 0.467 e. The lowest BCUT2D eigenvalue weighted by atomic mass is 9.99. The number of hydrogen-bond acceptors (Lipinski definition) is 3. The van der Waals surface area contributed by atoms with Crippen molar-refractivity contribution in [3.05, 3.63) is 29.1 Å². The number of aliphatic imine (C=N–C) groups is 1. The van der Waals surface area contributed by atoms with Crippen molar-refractivity contribution >= 4 is 29.9 Å². The normalized spacial score (nSPS) is 18.2. The molecule has 25 heavy (non-hydrogen) atoms. The standard InChI is InChI=1S/C18H26FN3O2.HI/c1-13-4-7-22(8-5-13)18(20-2)21-6-3-14-9-16(19)10-15-11-23-12-24-17(14)15;/h9-10,13H,3-8,11-12H2,1-2H3,(H,20,21);1H. The minimum atomic E-state index is -0.243. The zero-order valence-corrected chi connectivity index (χ0v) is 17.2. The predicted molar refractivity (Wildman–Crippen MR) is 107 cm³/mol.